The van der Waals surface area contributed by atoms with Crippen LogP contribution < -0.4 is 0 Å². The summed E-state index contributed by atoms with van der Waals surface area (Å²) in [5.74, 6) is 0. The van der Waals surface area contributed by atoms with Gasteiger partial charge in [0.15, 0.2) is 0 Å². The standard InChI is InChI=1S/C21H23N/c1-5-9-14-20(13-6-2)21(22-8-4)17-18(7-3)19-15-11-10-12-16-19/h5-17H,3-4H2,1-2H3/b9-5-,13-6-,18-17+,20-14+,22-21?. The van der Waals surface area contributed by atoms with Gasteiger partial charge in [-0.3, -0.25) is 4.99 Å². The average molecular weight is 289 g/mol. The minimum atomic E-state index is 0.852. The van der Waals surface area contributed by atoms with Crippen molar-refractivity contribution in [2.75, 3.05) is 0 Å². The van der Waals surface area contributed by atoms with E-state index in [0.717, 1.165) is 22.4 Å². The Kier molecular flexibility index (Phi) is 7.99. The Morgan fingerprint density at radius 1 is 1.05 bits per heavy atom. The number of nitrogens with zero attached hydrogens (tertiary/aromatic N) is 1. The zero-order valence-corrected chi connectivity index (χ0v) is 13.4. The number of hydrogen-bond donors (Lipinski definition) is 0. The number of allylic oxidation sites excluding steroid dienone is 9. The van der Waals surface area contributed by atoms with Crippen molar-refractivity contribution in [3.8, 4) is 0 Å². The van der Waals surface area contributed by atoms with Gasteiger partial charge < -0.3 is 0 Å². The van der Waals surface area contributed by atoms with Gasteiger partial charge >= 0.3 is 0 Å². The summed E-state index contributed by atoms with van der Waals surface area (Å²) in [5.41, 5.74) is 4.01. The van der Waals surface area contributed by atoms with E-state index in [9.17, 15) is 0 Å². The van der Waals surface area contributed by atoms with Crippen molar-refractivity contribution >= 4 is 11.3 Å². The molecular formula is C21H23N. The van der Waals surface area contributed by atoms with Gasteiger partial charge in [-0.25, -0.2) is 0 Å². The topological polar surface area (TPSA) is 12.4 Å². The monoisotopic (exact) mass is 289 g/mol. The lowest BCUT2D eigenvalue weighted by atomic mass is 10.0. The molecule has 0 bridgehead atoms. The molecular weight excluding hydrogens is 266 g/mol. The molecule has 1 heteroatoms. The van der Waals surface area contributed by atoms with Crippen LogP contribution in [0.2, 0.25) is 0 Å². The number of rotatable bonds is 7. The molecule has 22 heavy (non-hydrogen) atoms. The zero-order valence-electron chi connectivity index (χ0n) is 13.4. The summed E-state index contributed by atoms with van der Waals surface area (Å²) in [7, 11) is 0. The number of benzene rings is 1. The second-order valence-corrected chi connectivity index (χ2v) is 4.51. The van der Waals surface area contributed by atoms with E-state index in [0.29, 0.717) is 0 Å². The fourth-order valence-electron chi connectivity index (χ4n) is 1.94. The van der Waals surface area contributed by atoms with Crippen LogP contribution in [0.4, 0.5) is 0 Å². The Hall–Kier alpha value is -2.67. The van der Waals surface area contributed by atoms with E-state index in [4.69, 9.17) is 0 Å². The molecule has 0 aliphatic heterocycles. The van der Waals surface area contributed by atoms with Crippen molar-refractivity contribution in [3.05, 3.63) is 103 Å². The van der Waals surface area contributed by atoms with E-state index in [1.165, 1.54) is 0 Å². The molecule has 0 aliphatic rings. The van der Waals surface area contributed by atoms with Crippen LogP contribution in [0.1, 0.15) is 19.4 Å². The van der Waals surface area contributed by atoms with Crippen LogP contribution in [0.5, 0.6) is 0 Å². The molecule has 0 saturated carbocycles. The van der Waals surface area contributed by atoms with Gasteiger partial charge in [-0.05, 0) is 36.6 Å². The highest BCUT2D eigenvalue weighted by Crippen LogP contribution is 2.17. The third-order valence-corrected chi connectivity index (χ3v) is 2.96. The minimum absolute atomic E-state index is 0.852. The first kappa shape index (κ1) is 17.4. The Labute approximate surface area is 134 Å². The second kappa shape index (κ2) is 10.1. The summed E-state index contributed by atoms with van der Waals surface area (Å²) in [6.07, 6.45) is 15.5. The molecule has 0 aromatic heterocycles. The fourth-order valence-corrected chi connectivity index (χ4v) is 1.94. The van der Waals surface area contributed by atoms with Crippen molar-refractivity contribution in [3.63, 3.8) is 0 Å². The quantitative estimate of drug-likeness (QED) is 0.436. The molecule has 1 aromatic rings. The minimum Gasteiger partial charge on any atom is -0.257 e. The SMILES string of the molecule is C=CN=C(/C=C(\C=C)c1ccccc1)C(/C=C\C)=C/C=C\C. The van der Waals surface area contributed by atoms with Gasteiger partial charge in [-0.1, -0.05) is 79.9 Å². The molecule has 0 unspecified atom stereocenters. The van der Waals surface area contributed by atoms with Crippen molar-refractivity contribution in [2.24, 2.45) is 4.99 Å². The lowest BCUT2D eigenvalue weighted by Gasteiger charge is -2.06. The van der Waals surface area contributed by atoms with Gasteiger partial charge in [0.05, 0.1) is 5.71 Å². The van der Waals surface area contributed by atoms with E-state index in [1.807, 2.05) is 74.6 Å². The Morgan fingerprint density at radius 3 is 2.32 bits per heavy atom. The molecule has 0 spiro atoms. The number of hydrogen-bond acceptors (Lipinski definition) is 1. The highest BCUT2D eigenvalue weighted by molar-refractivity contribution is 6.14. The van der Waals surface area contributed by atoms with Crippen LogP contribution in [-0.4, -0.2) is 5.71 Å². The Balaban J connectivity index is 3.35. The summed E-state index contributed by atoms with van der Waals surface area (Å²) in [6, 6.07) is 10.1. The van der Waals surface area contributed by atoms with Crippen LogP contribution >= 0.6 is 0 Å². The molecule has 1 nitrogen and oxygen atoms in total. The Bertz CT molecular complexity index is 638. The highest BCUT2D eigenvalue weighted by atomic mass is 14.7. The highest BCUT2D eigenvalue weighted by Gasteiger charge is 2.03. The van der Waals surface area contributed by atoms with E-state index in [1.54, 1.807) is 6.20 Å². The predicted molar refractivity (Wildman–Crippen MR) is 100.0 cm³/mol. The maximum absolute atomic E-state index is 4.41. The molecule has 1 aromatic carbocycles. The van der Waals surface area contributed by atoms with E-state index in [2.05, 4.69) is 30.3 Å². The van der Waals surface area contributed by atoms with Crippen molar-refractivity contribution in [2.45, 2.75) is 13.8 Å². The summed E-state index contributed by atoms with van der Waals surface area (Å²) < 4.78 is 0. The molecule has 0 amide bonds. The fraction of sp³-hybridized carbons (Fsp3) is 0.0952. The maximum Gasteiger partial charge on any atom is 0.0707 e. The van der Waals surface area contributed by atoms with Crippen LogP contribution in [0.3, 0.4) is 0 Å². The van der Waals surface area contributed by atoms with Crippen LogP contribution in [0.25, 0.3) is 5.57 Å². The zero-order chi connectivity index (χ0) is 16.2. The Morgan fingerprint density at radius 2 is 1.77 bits per heavy atom. The van der Waals surface area contributed by atoms with Gasteiger partial charge in [0.2, 0.25) is 0 Å². The van der Waals surface area contributed by atoms with Gasteiger partial charge in [-0.2, -0.15) is 0 Å². The summed E-state index contributed by atoms with van der Waals surface area (Å²) in [4.78, 5) is 4.41. The second-order valence-electron chi connectivity index (χ2n) is 4.51. The molecule has 0 N–H and O–H groups in total. The molecule has 0 saturated heterocycles. The molecule has 0 heterocycles. The smallest absolute Gasteiger partial charge is 0.0707 e. The largest absolute Gasteiger partial charge is 0.257 e. The predicted octanol–water partition coefficient (Wildman–Crippen LogP) is 5.92. The lowest BCUT2D eigenvalue weighted by Crippen LogP contribution is -1.98. The normalized spacial score (nSPS) is 13.8. The van der Waals surface area contributed by atoms with Gasteiger partial charge in [0.1, 0.15) is 0 Å². The van der Waals surface area contributed by atoms with Crippen LogP contribution in [-0.2, 0) is 0 Å². The maximum atomic E-state index is 4.41. The molecule has 0 fully saturated rings. The van der Waals surface area contributed by atoms with E-state index < -0.39 is 0 Å². The molecule has 0 aliphatic carbocycles. The molecule has 1 rings (SSSR count). The molecule has 112 valence electrons. The third kappa shape index (κ3) is 5.37. The van der Waals surface area contributed by atoms with E-state index in [-0.39, 0.29) is 0 Å². The van der Waals surface area contributed by atoms with Gasteiger partial charge in [0, 0.05) is 6.20 Å². The van der Waals surface area contributed by atoms with Crippen LogP contribution in [0, 0.1) is 0 Å². The summed E-state index contributed by atoms with van der Waals surface area (Å²) in [6.45, 7) is 11.6. The lowest BCUT2D eigenvalue weighted by molar-refractivity contribution is 1.54. The third-order valence-electron chi connectivity index (χ3n) is 2.96. The van der Waals surface area contributed by atoms with Crippen molar-refractivity contribution in [1.29, 1.82) is 0 Å². The van der Waals surface area contributed by atoms with Gasteiger partial charge in [-0.15, -0.1) is 0 Å². The van der Waals surface area contributed by atoms with Crippen LogP contribution in [0.15, 0.2) is 103 Å². The first-order valence-corrected chi connectivity index (χ1v) is 7.31. The molecule has 0 radical (unpaired) electrons. The summed E-state index contributed by atoms with van der Waals surface area (Å²) in [5, 5.41) is 0. The number of aliphatic imine (C=N–C) groups is 1. The van der Waals surface area contributed by atoms with E-state index >= 15 is 0 Å². The molecule has 0 atom stereocenters. The first-order valence-electron chi connectivity index (χ1n) is 7.31. The average Bonchev–Trinajstić information content (AvgIpc) is 2.56. The summed E-state index contributed by atoms with van der Waals surface area (Å²) >= 11 is 0. The van der Waals surface area contributed by atoms with Gasteiger partial charge in [0.25, 0.3) is 0 Å². The van der Waals surface area contributed by atoms with Crippen molar-refractivity contribution in [1.82, 2.24) is 0 Å². The van der Waals surface area contributed by atoms with Crippen molar-refractivity contribution < 1.29 is 0 Å². The first-order chi connectivity index (χ1) is 10.8.